The van der Waals surface area contributed by atoms with Gasteiger partial charge in [0.1, 0.15) is 0 Å². The van der Waals surface area contributed by atoms with Gasteiger partial charge in [-0.05, 0) is 19.3 Å². The molecule has 27 heavy (non-hydrogen) atoms. The van der Waals surface area contributed by atoms with Gasteiger partial charge >= 0.3 is 5.97 Å². The SMILES string of the molecule is C=C(CCCOCCCCCCCCCCCCCCCCCC)C(=O)O. The van der Waals surface area contributed by atoms with Gasteiger partial charge in [-0.15, -0.1) is 0 Å². The summed E-state index contributed by atoms with van der Waals surface area (Å²) >= 11 is 0. The van der Waals surface area contributed by atoms with E-state index in [0.717, 1.165) is 19.4 Å². The molecule has 1 N–H and O–H groups in total. The third kappa shape index (κ3) is 21.3. The fourth-order valence-electron chi connectivity index (χ4n) is 3.35. The Balaban J connectivity index is 3.05. The minimum absolute atomic E-state index is 0.279. The molecule has 0 bridgehead atoms. The van der Waals surface area contributed by atoms with Crippen LogP contribution < -0.4 is 0 Å². The van der Waals surface area contributed by atoms with Crippen molar-refractivity contribution in [2.24, 2.45) is 0 Å². The van der Waals surface area contributed by atoms with Crippen LogP contribution in [0.15, 0.2) is 12.2 Å². The van der Waals surface area contributed by atoms with E-state index in [1.165, 1.54) is 96.3 Å². The molecule has 0 aromatic heterocycles. The highest BCUT2D eigenvalue weighted by Gasteiger charge is 2.02. The second-order valence-corrected chi connectivity index (χ2v) is 7.93. The Morgan fingerprint density at radius 3 is 1.44 bits per heavy atom. The van der Waals surface area contributed by atoms with Crippen LogP contribution >= 0.6 is 0 Å². The highest BCUT2D eigenvalue weighted by atomic mass is 16.5. The van der Waals surface area contributed by atoms with E-state index < -0.39 is 5.97 Å². The summed E-state index contributed by atoms with van der Waals surface area (Å²) in [6.45, 7) is 7.25. The summed E-state index contributed by atoms with van der Waals surface area (Å²) in [5, 5.41) is 8.70. The van der Waals surface area contributed by atoms with E-state index in [4.69, 9.17) is 9.84 Å². The molecular formula is C24H46O3. The number of ether oxygens (including phenoxy) is 1. The van der Waals surface area contributed by atoms with Gasteiger partial charge in [0.25, 0.3) is 0 Å². The minimum Gasteiger partial charge on any atom is -0.478 e. The molecule has 160 valence electrons. The smallest absolute Gasteiger partial charge is 0.330 e. The summed E-state index contributed by atoms with van der Waals surface area (Å²) in [4.78, 5) is 10.6. The number of hydrogen-bond acceptors (Lipinski definition) is 2. The van der Waals surface area contributed by atoms with E-state index in [-0.39, 0.29) is 5.57 Å². The van der Waals surface area contributed by atoms with E-state index in [1.54, 1.807) is 0 Å². The second-order valence-electron chi connectivity index (χ2n) is 7.93. The maximum atomic E-state index is 10.6. The minimum atomic E-state index is -0.896. The van der Waals surface area contributed by atoms with Crippen LogP contribution in [0.1, 0.15) is 122 Å². The number of hydrogen-bond donors (Lipinski definition) is 1. The first-order valence-corrected chi connectivity index (χ1v) is 11.7. The summed E-state index contributed by atoms with van der Waals surface area (Å²) in [6, 6.07) is 0. The topological polar surface area (TPSA) is 46.5 Å². The molecule has 0 atom stereocenters. The molecule has 0 heterocycles. The van der Waals surface area contributed by atoms with Gasteiger partial charge in [-0.2, -0.15) is 0 Å². The average Bonchev–Trinajstić information content (AvgIpc) is 2.66. The lowest BCUT2D eigenvalue weighted by Crippen LogP contribution is -2.02. The highest BCUT2D eigenvalue weighted by molar-refractivity contribution is 5.85. The molecule has 0 amide bonds. The van der Waals surface area contributed by atoms with Gasteiger partial charge in [0.15, 0.2) is 0 Å². The van der Waals surface area contributed by atoms with Gasteiger partial charge in [-0.3, -0.25) is 0 Å². The van der Waals surface area contributed by atoms with E-state index in [2.05, 4.69) is 13.5 Å². The third-order valence-corrected chi connectivity index (χ3v) is 5.21. The van der Waals surface area contributed by atoms with Crippen molar-refractivity contribution in [3.63, 3.8) is 0 Å². The first-order chi connectivity index (χ1) is 13.2. The number of carboxylic acid groups (broad SMARTS) is 1. The van der Waals surface area contributed by atoms with E-state index in [1.807, 2.05) is 0 Å². The van der Waals surface area contributed by atoms with Crippen molar-refractivity contribution in [3.8, 4) is 0 Å². The van der Waals surface area contributed by atoms with E-state index >= 15 is 0 Å². The predicted octanol–water partition coefficient (Wildman–Crippen LogP) is 7.69. The van der Waals surface area contributed by atoms with Crippen LogP contribution in [0.3, 0.4) is 0 Å². The molecule has 0 saturated carbocycles. The zero-order valence-electron chi connectivity index (χ0n) is 18.1. The van der Waals surface area contributed by atoms with Gasteiger partial charge in [-0.1, -0.05) is 110 Å². The summed E-state index contributed by atoms with van der Waals surface area (Å²) < 4.78 is 5.55. The van der Waals surface area contributed by atoms with Crippen LogP contribution in [0.2, 0.25) is 0 Å². The maximum absolute atomic E-state index is 10.6. The fraction of sp³-hybridized carbons (Fsp3) is 0.875. The van der Waals surface area contributed by atoms with Crippen molar-refractivity contribution in [1.29, 1.82) is 0 Å². The van der Waals surface area contributed by atoms with Crippen LogP contribution in [0.4, 0.5) is 0 Å². The highest BCUT2D eigenvalue weighted by Crippen LogP contribution is 2.13. The molecule has 0 aliphatic rings. The molecule has 0 fully saturated rings. The lowest BCUT2D eigenvalue weighted by atomic mass is 10.0. The lowest BCUT2D eigenvalue weighted by Gasteiger charge is -2.05. The zero-order valence-corrected chi connectivity index (χ0v) is 18.1. The Hall–Kier alpha value is -0.830. The molecule has 0 aromatic carbocycles. The molecule has 0 spiro atoms. The largest absolute Gasteiger partial charge is 0.478 e. The lowest BCUT2D eigenvalue weighted by molar-refractivity contribution is -0.132. The van der Waals surface area contributed by atoms with Crippen LogP contribution in [0, 0.1) is 0 Å². The Labute approximate surface area is 169 Å². The molecule has 0 rings (SSSR count). The van der Waals surface area contributed by atoms with Crippen molar-refractivity contribution in [2.75, 3.05) is 13.2 Å². The maximum Gasteiger partial charge on any atom is 0.330 e. The zero-order chi connectivity index (χ0) is 20.0. The molecule has 3 heteroatoms. The first kappa shape index (κ1) is 26.2. The predicted molar refractivity (Wildman–Crippen MR) is 116 cm³/mol. The van der Waals surface area contributed by atoms with Gasteiger partial charge in [0.2, 0.25) is 0 Å². The van der Waals surface area contributed by atoms with Crippen molar-refractivity contribution < 1.29 is 14.6 Å². The fourth-order valence-corrected chi connectivity index (χ4v) is 3.35. The monoisotopic (exact) mass is 382 g/mol. The molecule has 0 unspecified atom stereocenters. The molecule has 0 saturated heterocycles. The normalized spacial score (nSPS) is 11.0. The summed E-state index contributed by atoms with van der Waals surface area (Å²) in [7, 11) is 0. The van der Waals surface area contributed by atoms with Gasteiger partial charge in [-0.25, -0.2) is 4.79 Å². The quantitative estimate of drug-likeness (QED) is 0.154. The second kappa shape index (κ2) is 21.5. The number of unbranched alkanes of at least 4 members (excludes halogenated alkanes) is 15. The van der Waals surface area contributed by atoms with E-state index in [9.17, 15) is 4.79 Å². The summed E-state index contributed by atoms with van der Waals surface area (Å²) in [6.07, 6.45) is 23.4. The van der Waals surface area contributed by atoms with Crippen molar-refractivity contribution in [2.45, 2.75) is 122 Å². The molecule has 0 radical (unpaired) electrons. The first-order valence-electron chi connectivity index (χ1n) is 11.7. The van der Waals surface area contributed by atoms with Crippen molar-refractivity contribution >= 4 is 5.97 Å². The van der Waals surface area contributed by atoms with Crippen molar-refractivity contribution in [3.05, 3.63) is 12.2 Å². The van der Waals surface area contributed by atoms with Crippen LogP contribution in [0.25, 0.3) is 0 Å². The summed E-state index contributed by atoms with van der Waals surface area (Å²) in [5.41, 5.74) is 0.279. The molecular weight excluding hydrogens is 336 g/mol. The standard InChI is InChI=1S/C24H46O3/c1-3-4-5-6-7-8-9-10-11-12-13-14-15-16-17-18-21-27-22-19-20-23(2)24(25)26/h2-22H2,1H3,(H,25,26). The van der Waals surface area contributed by atoms with Crippen LogP contribution in [-0.2, 0) is 9.53 Å². The van der Waals surface area contributed by atoms with Crippen LogP contribution in [0.5, 0.6) is 0 Å². The Morgan fingerprint density at radius 2 is 1.04 bits per heavy atom. The Kier molecular flexibility index (Phi) is 20.8. The van der Waals surface area contributed by atoms with Crippen molar-refractivity contribution in [1.82, 2.24) is 0 Å². The van der Waals surface area contributed by atoms with Gasteiger partial charge in [0, 0.05) is 18.8 Å². The summed E-state index contributed by atoms with van der Waals surface area (Å²) in [5.74, 6) is -0.896. The van der Waals surface area contributed by atoms with Gasteiger partial charge in [0.05, 0.1) is 0 Å². The number of rotatable bonds is 22. The molecule has 0 aliphatic carbocycles. The average molecular weight is 383 g/mol. The van der Waals surface area contributed by atoms with E-state index in [0.29, 0.717) is 13.0 Å². The Morgan fingerprint density at radius 1 is 0.667 bits per heavy atom. The molecule has 0 aromatic rings. The Bertz CT molecular complexity index is 339. The molecule has 3 nitrogen and oxygen atoms in total. The van der Waals surface area contributed by atoms with Gasteiger partial charge < -0.3 is 9.84 Å². The number of carbonyl (C=O) groups is 1. The third-order valence-electron chi connectivity index (χ3n) is 5.21. The number of carboxylic acids is 1. The van der Waals surface area contributed by atoms with Crippen LogP contribution in [-0.4, -0.2) is 24.3 Å². The molecule has 0 aliphatic heterocycles. The number of aliphatic carboxylic acids is 1.